The summed E-state index contributed by atoms with van der Waals surface area (Å²) in [5.74, 6) is 0.651. The molecule has 9 heteroatoms. The van der Waals surface area contributed by atoms with Crippen molar-refractivity contribution in [3.8, 4) is 11.5 Å². The molecule has 1 aliphatic rings. The quantitative estimate of drug-likeness (QED) is 0.274. The fraction of sp³-hybridized carbons (Fsp3) is 0.310. The molecule has 0 bridgehead atoms. The number of anilines is 1. The molecule has 0 saturated carbocycles. The summed E-state index contributed by atoms with van der Waals surface area (Å²) >= 11 is 6.15. The van der Waals surface area contributed by atoms with Gasteiger partial charge in [0.1, 0.15) is 23.9 Å². The van der Waals surface area contributed by atoms with E-state index >= 15 is 0 Å². The number of hydrogen-bond acceptors (Lipinski definition) is 5. The third-order valence-electron chi connectivity index (χ3n) is 6.81. The molecule has 0 N–H and O–H groups in total. The standard InChI is InChI=1S/C29H31ClFNO5S/c1-6-36-20(4)24-14-21-11-12-22(37-17-25-26(30)8-7-9-27(25)31)15-28(21)32(19(24)3)38(33,34)23-13-10-18(2)29(16-23)35-5/h7-13,15-16,19,24H,4,6,14,17H2,1-3,5H3/t19-,24?/m1/s1. The SMILES string of the molecule is C=C(OCC)C1Cc2ccc(OCc3c(F)cccc3Cl)cc2N(S(=O)(=O)c2ccc(C)c(OC)c2)[C@@H]1C. The molecule has 4 rings (SSSR count). The molecule has 3 aromatic rings. The van der Waals surface area contributed by atoms with Crippen LogP contribution in [-0.2, 0) is 27.8 Å². The second-order valence-corrected chi connectivity index (χ2v) is 11.4. The van der Waals surface area contributed by atoms with Gasteiger partial charge in [0.05, 0.1) is 41.1 Å². The van der Waals surface area contributed by atoms with Gasteiger partial charge in [-0.3, -0.25) is 4.31 Å². The molecule has 1 heterocycles. The smallest absolute Gasteiger partial charge is 0.264 e. The van der Waals surface area contributed by atoms with Gasteiger partial charge in [0.2, 0.25) is 0 Å². The van der Waals surface area contributed by atoms with Crippen LogP contribution in [0.15, 0.2) is 71.8 Å². The Bertz CT molecular complexity index is 1440. The molecule has 0 fully saturated rings. The van der Waals surface area contributed by atoms with Gasteiger partial charge in [-0.15, -0.1) is 0 Å². The van der Waals surface area contributed by atoms with Crippen LogP contribution >= 0.6 is 11.6 Å². The number of rotatable bonds is 9. The second kappa shape index (κ2) is 11.3. The highest BCUT2D eigenvalue weighted by atomic mass is 35.5. The monoisotopic (exact) mass is 559 g/mol. The number of aryl methyl sites for hydroxylation is 1. The van der Waals surface area contributed by atoms with Crippen LogP contribution in [-0.4, -0.2) is 28.2 Å². The van der Waals surface area contributed by atoms with Crippen molar-refractivity contribution in [2.45, 2.75) is 44.7 Å². The zero-order valence-electron chi connectivity index (χ0n) is 21.8. The first-order valence-corrected chi connectivity index (χ1v) is 14.1. The van der Waals surface area contributed by atoms with Crippen LogP contribution in [0.2, 0.25) is 5.02 Å². The summed E-state index contributed by atoms with van der Waals surface area (Å²) in [5.41, 5.74) is 2.33. The van der Waals surface area contributed by atoms with E-state index in [0.29, 0.717) is 36.0 Å². The van der Waals surface area contributed by atoms with E-state index in [-0.39, 0.29) is 28.0 Å². The third-order valence-corrected chi connectivity index (χ3v) is 9.06. The van der Waals surface area contributed by atoms with Gasteiger partial charge in [0.15, 0.2) is 0 Å². The van der Waals surface area contributed by atoms with Crippen LogP contribution in [0.4, 0.5) is 10.1 Å². The maximum absolute atomic E-state index is 14.3. The van der Waals surface area contributed by atoms with Crippen LogP contribution in [0.25, 0.3) is 0 Å². The van der Waals surface area contributed by atoms with Gasteiger partial charge in [-0.05, 0) is 62.6 Å². The first-order valence-electron chi connectivity index (χ1n) is 12.3. The molecule has 202 valence electrons. The van der Waals surface area contributed by atoms with Crippen molar-refractivity contribution in [3.63, 3.8) is 0 Å². The Hall–Kier alpha value is -3.23. The van der Waals surface area contributed by atoms with E-state index in [4.69, 9.17) is 25.8 Å². The summed E-state index contributed by atoms with van der Waals surface area (Å²) in [4.78, 5) is 0.102. The molecule has 0 aromatic heterocycles. The third kappa shape index (κ3) is 5.33. The minimum Gasteiger partial charge on any atom is -0.498 e. The molecule has 0 radical (unpaired) electrons. The number of hydrogen-bond donors (Lipinski definition) is 0. The molecule has 0 saturated heterocycles. The van der Waals surface area contributed by atoms with Crippen LogP contribution in [0.1, 0.15) is 30.5 Å². The predicted octanol–water partition coefficient (Wildman–Crippen LogP) is 6.68. The number of fused-ring (bicyclic) bond motifs is 1. The molecule has 38 heavy (non-hydrogen) atoms. The van der Waals surface area contributed by atoms with E-state index < -0.39 is 21.9 Å². The highest BCUT2D eigenvalue weighted by Crippen LogP contribution is 2.42. The molecule has 6 nitrogen and oxygen atoms in total. The minimum atomic E-state index is -4.03. The molecule has 1 aliphatic heterocycles. The lowest BCUT2D eigenvalue weighted by Gasteiger charge is -2.41. The van der Waals surface area contributed by atoms with Crippen molar-refractivity contribution < 1.29 is 27.0 Å². The summed E-state index contributed by atoms with van der Waals surface area (Å²) in [5, 5.41) is 0.256. The van der Waals surface area contributed by atoms with E-state index in [0.717, 1.165) is 11.1 Å². The highest BCUT2D eigenvalue weighted by molar-refractivity contribution is 7.92. The van der Waals surface area contributed by atoms with Crippen LogP contribution < -0.4 is 13.8 Å². The maximum atomic E-state index is 14.3. The minimum absolute atomic E-state index is 0.102. The van der Waals surface area contributed by atoms with Crippen LogP contribution in [0, 0.1) is 18.7 Å². The molecule has 0 spiro atoms. The Morgan fingerprint density at radius 2 is 1.95 bits per heavy atom. The number of sulfonamides is 1. The fourth-order valence-electron chi connectivity index (χ4n) is 4.73. The maximum Gasteiger partial charge on any atom is 0.264 e. The fourth-order valence-corrected chi connectivity index (χ4v) is 6.68. The van der Waals surface area contributed by atoms with Crippen molar-refractivity contribution in [2.24, 2.45) is 5.92 Å². The largest absolute Gasteiger partial charge is 0.498 e. The van der Waals surface area contributed by atoms with Crippen molar-refractivity contribution in [1.29, 1.82) is 0 Å². The van der Waals surface area contributed by atoms with Crippen LogP contribution in [0.5, 0.6) is 11.5 Å². The first kappa shape index (κ1) is 27.8. The summed E-state index contributed by atoms with van der Waals surface area (Å²) in [6.07, 6.45) is 0.540. The first-order chi connectivity index (χ1) is 18.1. The van der Waals surface area contributed by atoms with E-state index in [1.807, 2.05) is 26.8 Å². The Morgan fingerprint density at radius 1 is 1.18 bits per heavy atom. The lowest BCUT2D eigenvalue weighted by atomic mass is 9.87. The lowest BCUT2D eigenvalue weighted by Crippen LogP contribution is -2.47. The Balaban J connectivity index is 1.78. The molecule has 3 aromatic carbocycles. The van der Waals surface area contributed by atoms with Crippen molar-refractivity contribution >= 4 is 27.3 Å². The van der Waals surface area contributed by atoms with E-state index in [1.165, 1.54) is 29.6 Å². The lowest BCUT2D eigenvalue weighted by molar-refractivity contribution is 0.181. The summed E-state index contributed by atoms with van der Waals surface area (Å²) in [6.45, 7) is 9.96. The molecule has 2 atom stereocenters. The summed E-state index contributed by atoms with van der Waals surface area (Å²) < 4.78 is 60.9. The number of nitrogens with zero attached hydrogens (tertiary/aromatic N) is 1. The Morgan fingerprint density at radius 3 is 2.63 bits per heavy atom. The van der Waals surface area contributed by atoms with Crippen LogP contribution in [0.3, 0.4) is 0 Å². The van der Waals surface area contributed by atoms with Gasteiger partial charge in [-0.25, -0.2) is 12.8 Å². The van der Waals surface area contributed by atoms with E-state index in [9.17, 15) is 12.8 Å². The summed E-state index contributed by atoms with van der Waals surface area (Å²) in [6, 6.07) is 14.0. The highest BCUT2D eigenvalue weighted by Gasteiger charge is 2.41. The summed E-state index contributed by atoms with van der Waals surface area (Å²) in [7, 11) is -2.53. The predicted molar refractivity (Wildman–Crippen MR) is 147 cm³/mol. The Kier molecular flexibility index (Phi) is 8.23. The van der Waals surface area contributed by atoms with Crippen molar-refractivity contribution in [2.75, 3.05) is 18.0 Å². The van der Waals surface area contributed by atoms with Crippen molar-refractivity contribution in [1.82, 2.24) is 0 Å². The molecular weight excluding hydrogens is 529 g/mol. The van der Waals surface area contributed by atoms with Gasteiger partial charge in [0, 0.05) is 23.6 Å². The van der Waals surface area contributed by atoms with Gasteiger partial charge in [-0.1, -0.05) is 36.4 Å². The number of benzene rings is 3. The average molecular weight is 560 g/mol. The second-order valence-electron chi connectivity index (χ2n) is 9.16. The number of methoxy groups -OCH3 is 1. The Labute approximate surface area is 228 Å². The van der Waals surface area contributed by atoms with Gasteiger partial charge >= 0.3 is 0 Å². The van der Waals surface area contributed by atoms with Gasteiger partial charge in [-0.2, -0.15) is 0 Å². The zero-order chi connectivity index (χ0) is 27.6. The van der Waals surface area contributed by atoms with E-state index in [1.54, 1.807) is 30.3 Å². The van der Waals surface area contributed by atoms with E-state index in [2.05, 4.69) is 6.58 Å². The number of halogens is 2. The topological polar surface area (TPSA) is 65.1 Å². The molecular formula is C29H31ClFNO5S. The van der Waals surface area contributed by atoms with Gasteiger partial charge < -0.3 is 14.2 Å². The zero-order valence-corrected chi connectivity index (χ0v) is 23.4. The van der Waals surface area contributed by atoms with Gasteiger partial charge in [0.25, 0.3) is 10.0 Å². The average Bonchev–Trinajstić information content (AvgIpc) is 2.88. The van der Waals surface area contributed by atoms with Crippen molar-refractivity contribution in [3.05, 3.63) is 94.5 Å². The molecule has 0 amide bonds. The number of ether oxygens (including phenoxy) is 3. The molecule has 0 aliphatic carbocycles. The normalized spacial score (nSPS) is 17.1. The molecule has 1 unspecified atom stereocenters.